The van der Waals surface area contributed by atoms with Crippen LogP contribution in [0.4, 0.5) is 0 Å². The quantitative estimate of drug-likeness (QED) is 0.864. The van der Waals surface area contributed by atoms with Gasteiger partial charge < -0.3 is 15.8 Å². The fourth-order valence-corrected chi connectivity index (χ4v) is 3.40. The van der Waals surface area contributed by atoms with Gasteiger partial charge in [0, 0.05) is 30.4 Å². The van der Waals surface area contributed by atoms with Crippen LogP contribution in [0.3, 0.4) is 0 Å². The van der Waals surface area contributed by atoms with Crippen molar-refractivity contribution >= 4 is 29.7 Å². The van der Waals surface area contributed by atoms with Gasteiger partial charge in [0.25, 0.3) is 5.91 Å². The van der Waals surface area contributed by atoms with E-state index in [9.17, 15) is 4.79 Å². The van der Waals surface area contributed by atoms with Crippen molar-refractivity contribution in [2.75, 3.05) is 13.7 Å². The molecule has 0 bridgehead atoms. The van der Waals surface area contributed by atoms with Crippen molar-refractivity contribution in [3.05, 3.63) is 16.1 Å². The number of aromatic nitrogens is 1. The molecule has 5 nitrogen and oxygen atoms in total. The third-order valence-corrected chi connectivity index (χ3v) is 5.63. The van der Waals surface area contributed by atoms with Crippen LogP contribution in [0.1, 0.15) is 42.7 Å². The highest BCUT2D eigenvalue weighted by Gasteiger charge is 2.58. The normalized spacial score (nSPS) is 26.6. The first-order chi connectivity index (χ1) is 9.34. The maximum atomic E-state index is 12.2. The van der Waals surface area contributed by atoms with E-state index in [2.05, 4.69) is 31.1 Å². The van der Waals surface area contributed by atoms with E-state index in [4.69, 9.17) is 10.5 Å². The lowest BCUT2D eigenvalue weighted by Crippen LogP contribution is -2.68. The van der Waals surface area contributed by atoms with Gasteiger partial charge in [-0.2, -0.15) is 0 Å². The van der Waals surface area contributed by atoms with E-state index >= 15 is 0 Å². The van der Waals surface area contributed by atoms with Crippen molar-refractivity contribution in [2.45, 2.75) is 45.3 Å². The van der Waals surface area contributed by atoms with Gasteiger partial charge in [-0.25, -0.2) is 4.98 Å². The summed E-state index contributed by atoms with van der Waals surface area (Å²) in [5.74, 6) is -0.110. The molecule has 2 rings (SSSR count). The SMILES string of the molecule is COC1(C)CC(NC(=O)c2csc(CCN)n2)C1(C)C.Cl. The van der Waals surface area contributed by atoms with Crippen molar-refractivity contribution in [3.63, 3.8) is 0 Å². The highest BCUT2D eigenvalue weighted by Crippen LogP contribution is 2.51. The van der Waals surface area contributed by atoms with Crippen LogP contribution in [0.25, 0.3) is 0 Å². The zero-order chi connectivity index (χ0) is 15.0. The molecule has 1 aliphatic rings. The van der Waals surface area contributed by atoms with Gasteiger partial charge in [-0.05, 0) is 19.9 Å². The first kappa shape index (κ1) is 18.4. The van der Waals surface area contributed by atoms with Gasteiger partial charge >= 0.3 is 0 Å². The van der Waals surface area contributed by atoms with Crippen LogP contribution in [0, 0.1) is 5.41 Å². The largest absolute Gasteiger partial charge is 0.378 e. The molecule has 3 N–H and O–H groups in total. The third kappa shape index (κ3) is 3.23. The molecule has 1 aliphatic carbocycles. The summed E-state index contributed by atoms with van der Waals surface area (Å²) >= 11 is 1.48. The molecule has 1 aromatic heterocycles. The number of carbonyl (C=O) groups excluding carboxylic acids is 1. The lowest BCUT2D eigenvalue weighted by atomic mass is 9.56. The second kappa shape index (κ2) is 6.60. The van der Waals surface area contributed by atoms with Crippen molar-refractivity contribution < 1.29 is 9.53 Å². The minimum absolute atomic E-state index is 0. The zero-order valence-corrected chi connectivity index (χ0v) is 14.6. The molecule has 1 amide bonds. The van der Waals surface area contributed by atoms with E-state index in [1.54, 1.807) is 12.5 Å². The Kier molecular flexibility index (Phi) is 5.77. The molecular formula is C14H24ClN3O2S. The standard InChI is InChI=1S/C14H23N3O2S.ClH/c1-13(2)10(7-14(13,3)19-4)17-12(18)9-8-20-11(16-9)5-6-15;/h8,10H,5-7,15H2,1-4H3,(H,17,18);1H. The predicted octanol–water partition coefficient (Wildman–Crippen LogP) is 2.00. The Hall–Kier alpha value is -0.690. The number of carbonyl (C=O) groups is 1. The summed E-state index contributed by atoms with van der Waals surface area (Å²) < 4.78 is 5.56. The minimum Gasteiger partial charge on any atom is -0.378 e. The molecule has 21 heavy (non-hydrogen) atoms. The van der Waals surface area contributed by atoms with Crippen LogP contribution in [-0.2, 0) is 11.2 Å². The van der Waals surface area contributed by atoms with Crippen LogP contribution in [0.2, 0.25) is 0 Å². The van der Waals surface area contributed by atoms with Crippen LogP contribution in [0.15, 0.2) is 5.38 Å². The molecule has 0 spiro atoms. The van der Waals surface area contributed by atoms with Crippen molar-refractivity contribution in [1.29, 1.82) is 0 Å². The first-order valence-electron chi connectivity index (χ1n) is 6.84. The number of hydrogen-bond acceptors (Lipinski definition) is 5. The fraction of sp³-hybridized carbons (Fsp3) is 0.714. The summed E-state index contributed by atoms with van der Waals surface area (Å²) in [4.78, 5) is 16.5. The number of ether oxygens (including phenoxy) is 1. The van der Waals surface area contributed by atoms with Crippen molar-refractivity contribution in [1.82, 2.24) is 10.3 Å². The Bertz CT molecular complexity index is 506. The number of hydrogen-bond donors (Lipinski definition) is 2. The molecule has 1 fully saturated rings. The average molecular weight is 334 g/mol. The molecule has 2 unspecified atom stereocenters. The summed E-state index contributed by atoms with van der Waals surface area (Å²) in [7, 11) is 1.72. The molecule has 0 aliphatic heterocycles. The number of rotatable bonds is 5. The zero-order valence-electron chi connectivity index (χ0n) is 12.9. The van der Waals surface area contributed by atoms with Crippen LogP contribution >= 0.6 is 23.7 Å². The molecule has 0 radical (unpaired) electrons. The maximum Gasteiger partial charge on any atom is 0.270 e. The summed E-state index contributed by atoms with van der Waals surface area (Å²) in [6.07, 6.45) is 1.54. The number of amides is 1. The molecule has 1 heterocycles. The third-order valence-electron chi connectivity index (χ3n) is 4.73. The number of nitrogens with one attached hydrogen (secondary N) is 1. The minimum atomic E-state index is -0.183. The highest BCUT2D eigenvalue weighted by molar-refractivity contribution is 7.09. The Balaban J connectivity index is 0.00000220. The topological polar surface area (TPSA) is 77.2 Å². The molecule has 1 saturated carbocycles. The smallest absolute Gasteiger partial charge is 0.270 e. The molecular weight excluding hydrogens is 310 g/mol. The number of halogens is 1. The summed E-state index contributed by atoms with van der Waals surface area (Å²) in [6, 6.07) is 0.111. The Morgan fingerprint density at radius 1 is 1.57 bits per heavy atom. The van der Waals surface area contributed by atoms with E-state index in [0.717, 1.165) is 11.4 Å². The van der Waals surface area contributed by atoms with Gasteiger partial charge in [-0.1, -0.05) is 13.8 Å². The fourth-order valence-electron chi connectivity index (χ4n) is 2.61. The Morgan fingerprint density at radius 3 is 2.76 bits per heavy atom. The molecule has 120 valence electrons. The van der Waals surface area contributed by atoms with Gasteiger partial charge in [0.15, 0.2) is 0 Å². The number of nitrogens with two attached hydrogens (primary N) is 1. The monoisotopic (exact) mass is 333 g/mol. The Labute approximate surface area is 136 Å². The molecule has 0 aromatic carbocycles. The summed E-state index contributed by atoms with van der Waals surface area (Å²) in [6.45, 7) is 6.87. The van der Waals surface area contributed by atoms with Crippen LogP contribution in [-0.4, -0.2) is 36.2 Å². The van der Waals surface area contributed by atoms with Gasteiger partial charge in [-0.3, -0.25) is 4.79 Å². The average Bonchev–Trinajstić information content (AvgIpc) is 2.87. The van der Waals surface area contributed by atoms with E-state index in [0.29, 0.717) is 18.7 Å². The highest BCUT2D eigenvalue weighted by atomic mass is 35.5. The van der Waals surface area contributed by atoms with Crippen LogP contribution < -0.4 is 11.1 Å². The second-order valence-electron chi connectivity index (χ2n) is 6.05. The van der Waals surface area contributed by atoms with Gasteiger partial charge in [0.1, 0.15) is 5.69 Å². The summed E-state index contributed by atoms with van der Waals surface area (Å²) in [5.41, 5.74) is 5.70. The summed E-state index contributed by atoms with van der Waals surface area (Å²) in [5, 5.41) is 5.76. The molecule has 2 atom stereocenters. The van der Waals surface area contributed by atoms with Crippen molar-refractivity contribution in [3.8, 4) is 0 Å². The molecule has 0 saturated heterocycles. The maximum absolute atomic E-state index is 12.2. The first-order valence-corrected chi connectivity index (χ1v) is 7.72. The molecule has 7 heteroatoms. The van der Waals surface area contributed by atoms with E-state index in [1.807, 2.05) is 0 Å². The van der Waals surface area contributed by atoms with Crippen LogP contribution in [0.5, 0.6) is 0 Å². The lowest BCUT2D eigenvalue weighted by molar-refractivity contribution is -0.177. The number of thiazole rings is 1. The second-order valence-corrected chi connectivity index (χ2v) is 6.99. The van der Waals surface area contributed by atoms with E-state index in [1.165, 1.54) is 11.3 Å². The van der Waals surface area contributed by atoms with E-state index in [-0.39, 0.29) is 35.4 Å². The Morgan fingerprint density at radius 2 is 2.24 bits per heavy atom. The predicted molar refractivity (Wildman–Crippen MR) is 87.2 cm³/mol. The number of nitrogens with zero attached hydrogens (tertiary/aromatic N) is 1. The van der Waals surface area contributed by atoms with Crippen molar-refractivity contribution in [2.24, 2.45) is 11.1 Å². The molecule has 1 aromatic rings. The van der Waals surface area contributed by atoms with Gasteiger partial charge in [-0.15, -0.1) is 23.7 Å². The van der Waals surface area contributed by atoms with E-state index < -0.39 is 0 Å². The van der Waals surface area contributed by atoms with Gasteiger partial charge in [0.05, 0.1) is 10.6 Å². The number of methoxy groups -OCH3 is 1. The lowest BCUT2D eigenvalue weighted by Gasteiger charge is -2.59. The van der Waals surface area contributed by atoms with Gasteiger partial charge in [0.2, 0.25) is 0 Å².